The number of carboxylic acids is 1. The van der Waals surface area contributed by atoms with E-state index in [2.05, 4.69) is 0 Å². The van der Waals surface area contributed by atoms with Crippen LogP contribution in [0.4, 0.5) is 26.3 Å². The van der Waals surface area contributed by atoms with Gasteiger partial charge in [-0.05, 0) is 48.7 Å². The maximum absolute atomic E-state index is 13.1. The molecule has 4 nitrogen and oxygen atoms in total. The van der Waals surface area contributed by atoms with Gasteiger partial charge in [0.05, 0.1) is 11.1 Å². The van der Waals surface area contributed by atoms with E-state index in [1.54, 1.807) is 24.3 Å². The van der Waals surface area contributed by atoms with Gasteiger partial charge in [-0.2, -0.15) is 26.3 Å². The van der Waals surface area contributed by atoms with Crippen LogP contribution in [-0.2, 0) is 23.6 Å². The van der Waals surface area contributed by atoms with E-state index >= 15 is 0 Å². The topological polar surface area (TPSA) is 57.6 Å². The highest BCUT2D eigenvalue weighted by Gasteiger charge is 2.38. The number of aliphatic carboxylic acids is 1. The third-order valence-corrected chi connectivity index (χ3v) is 5.03. The minimum absolute atomic E-state index is 0.0631. The van der Waals surface area contributed by atoms with Gasteiger partial charge in [0.15, 0.2) is 0 Å². The number of amides is 1. The Morgan fingerprint density at radius 3 is 1.91 bits per heavy atom. The summed E-state index contributed by atoms with van der Waals surface area (Å²) >= 11 is 5.82. The molecule has 0 radical (unpaired) electrons. The zero-order chi connectivity index (χ0) is 24.3. The van der Waals surface area contributed by atoms with Crippen molar-refractivity contribution in [2.75, 3.05) is 7.05 Å². The summed E-state index contributed by atoms with van der Waals surface area (Å²) in [6.45, 7) is 0. The summed E-state index contributed by atoms with van der Waals surface area (Å²) in [6.07, 6.45) is -10.5. The predicted octanol–water partition coefficient (Wildman–Crippen LogP) is 5.93. The van der Waals surface area contributed by atoms with Gasteiger partial charge in [0, 0.05) is 30.1 Å². The second-order valence-electron chi connectivity index (χ2n) is 7.13. The van der Waals surface area contributed by atoms with Crippen LogP contribution in [0.3, 0.4) is 0 Å². The number of halogens is 7. The number of hydrogen-bond acceptors (Lipinski definition) is 2. The fraction of sp³-hybridized carbons (Fsp3) is 0.333. The predicted molar refractivity (Wildman–Crippen MR) is 104 cm³/mol. The second kappa shape index (κ2) is 9.81. The van der Waals surface area contributed by atoms with Crippen LogP contribution in [0.5, 0.6) is 0 Å². The third-order valence-electron chi connectivity index (χ3n) is 4.78. The molecule has 2 aromatic rings. The molecule has 1 N–H and O–H groups in total. The summed E-state index contributed by atoms with van der Waals surface area (Å²) in [5.41, 5.74) is -3.36. The average Bonchev–Trinajstić information content (AvgIpc) is 2.69. The Bertz CT molecular complexity index is 941. The first-order valence-electron chi connectivity index (χ1n) is 9.21. The zero-order valence-corrected chi connectivity index (χ0v) is 17.4. The molecule has 2 rings (SSSR count). The maximum Gasteiger partial charge on any atom is 0.416 e. The Balaban J connectivity index is 2.41. The van der Waals surface area contributed by atoms with E-state index in [0.717, 1.165) is 4.90 Å². The molecule has 0 heterocycles. The van der Waals surface area contributed by atoms with Gasteiger partial charge in [-0.3, -0.25) is 9.59 Å². The number of likely N-dealkylation sites (N-methyl/N-ethyl adjacent to an activating group) is 1. The van der Waals surface area contributed by atoms with Crippen molar-refractivity contribution >= 4 is 23.5 Å². The van der Waals surface area contributed by atoms with E-state index in [0.29, 0.717) is 22.7 Å². The molecule has 11 heteroatoms. The molecule has 32 heavy (non-hydrogen) atoms. The number of rotatable bonds is 7. The van der Waals surface area contributed by atoms with Crippen molar-refractivity contribution in [3.8, 4) is 0 Å². The van der Waals surface area contributed by atoms with Crippen molar-refractivity contribution in [2.24, 2.45) is 0 Å². The zero-order valence-electron chi connectivity index (χ0n) is 16.6. The van der Waals surface area contributed by atoms with Gasteiger partial charge < -0.3 is 10.0 Å². The molecule has 0 saturated heterocycles. The fourth-order valence-electron chi connectivity index (χ4n) is 3.06. The van der Waals surface area contributed by atoms with Gasteiger partial charge in [-0.1, -0.05) is 23.7 Å². The van der Waals surface area contributed by atoms with Gasteiger partial charge >= 0.3 is 18.3 Å². The van der Waals surface area contributed by atoms with Gasteiger partial charge in [0.2, 0.25) is 0 Å². The standard InChI is InChI=1S/C21H18ClF6NO3/c1-29(17(6-7-18(30)31)8-12-2-4-16(22)5-3-12)19(32)13-9-14(20(23,24)25)11-15(10-13)21(26,27)28/h2-5,9-11,17H,6-8H2,1H3,(H,30,31). The summed E-state index contributed by atoms with van der Waals surface area (Å²) in [7, 11) is 1.21. The van der Waals surface area contributed by atoms with Crippen molar-refractivity contribution in [2.45, 2.75) is 37.7 Å². The SMILES string of the molecule is CN(C(=O)c1cc(C(F)(F)F)cc(C(F)(F)F)c1)C(CCC(=O)O)Cc1ccc(Cl)cc1. The molecular formula is C21H18ClF6NO3. The molecule has 1 atom stereocenters. The maximum atomic E-state index is 13.1. The Kier molecular flexibility index (Phi) is 7.82. The number of alkyl halides is 6. The van der Waals surface area contributed by atoms with Crippen molar-refractivity contribution in [1.82, 2.24) is 4.90 Å². The quantitative estimate of drug-likeness (QED) is 0.499. The summed E-state index contributed by atoms with van der Waals surface area (Å²) in [6, 6.07) is 6.22. The van der Waals surface area contributed by atoms with Crippen molar-refractivity contribution in [3.05, 3.63) is 69.7 Å². The Morgan fingerprint density at radius 1 is 0.969 bits per heavy atom. The van der Waals surface area contributed by atoms with E-state index in [1.807, 2.05) is 0 Å². The van der Waals surface area contributed by atoms with E-state index in [4.69, 9.17) is 16.7 Å². The van der Waals surface area contributed by atoms with Crippen LogP contribution in [0.2, 0.25) is 5.02 Å². The lowest BCUT2D eigenvalue weighted by Gasteiger charge is -2.29. The molecule has 1 unspecified atom stereocenters. The largest absolute Gasteiger partial charge is 0.481 e. The number of nitrogens with zero attached hydrogens (tertiary/aromatic N) is 1. The van der Waals surface area contributed by atoms with Crippen LogP contribution >= 0.6 is 11.6 Å². The third kappa shape index (κ3) is 6.88. The van der Waals surface area contributed by atoms with E-state index in [-0.39, 0.29) is 25.3 Å². The average molecular weight is 482 g/mol. The molecular weight excluding hydrogens is 464 g/mol. The van der Waals surface area contributed by atoms with Crippen LogP contribution < -0.4 is 0 Å². The minimum Gasteiger partial charge on any atom is -0.481 e. The lowest BCUT2D eigenvalue weighted by Crippen LogP contribution is -2.39. The smallest absolute Gasteiger partial charge is 0.416 e. The fourth-order valence-corrected chi connectivity index (χ4v) is 3.19. The first-order valence-corrected chi connectivity index (χ1v) is 9.59. The first-order chi connectivity index (χ1) is 14.7. The Morgan fingerprint density at radius 2 is 1.47 bits per heavy atom. The molecule has 0 aliphatic heterocycles. The number of carbonyl (C=O) groups is 2. The molecule has 0 saturated carbocycles. The van der Waals surface area contributed by atoms with Crippen LogP contribution in [-0.4, -0.2) is 35.0 Å². The van der Waals surface area contributed by atoms with Gasteiger partial charge in [-0.25, -0.2) is 0 Å². The van der Waals surface area contributed by atoms with E-state index in [1.165, 1.54) is 7.05 Å². The minimum atomic E-state index is -5.10. The van der Waals surface area contributed by atoms with Gasteiger partial charge in [-0.15, -0.1) is 0 Å². The Labute approximate surface area is 184 Å². The van der Waals surface area contributed by atoms with E-state index in [9.17, 15) is 35.9 Å². The van der Waals surface area contributed by atoms with Gasteiger partial charge in [0.1, 0.15) is 0 Å². The summed E-state index contributed by atoms with van der Waals surface area (Å²) < 4.78 is 78.7. The molecule has 2 aromatic carbocycles. The first kappa shape index (κ1) is 25.5. The van der Waals surface area contributed by atoms with E-state index < -0.39 is 47.0 Å². The molecule has 174 valence electrons. The van der Waals surface area contributed by atoms with Crippen LogP contribution in [0, 0.1) is 0 Å². The summed E-state index contributed by atoms with van der Waals surface area (Å²) in [5, 5.41) is 9.42. The number of carbonyl (C=O) groups excluding carboxylic acids is 1. The number of carboxylic acid groups (broad SMARTS) is 1. The van der Waals surface area contributed by atoms with Crippen LogP contribution in [0.25, 0.3) is 0 Å². The van der Waals surface area contributed by atoms with Crippen molar-refractivity contribution < 1.29 is 41.0 Å². The highest BCUT2D eigenvalue weighted by molar-refractivity contribution is 6.30. The number of benzene rings is 2. The molecule has 0 fully saturated rings. The molecule has 0 aliphatic rings. The number of hydrogen-bond donors (Lipinski definition) is 1. The summed E-state index contributed by atoms with van der Waals surface area (Å²) in [5.74, 6) is -2.25. The van der Waals surface area contributed by atoms with Gasteiger partial charge in [0.25, 0.3) is 5.91 Å². The van der Waals surface area contributed by atoms with Crippen molar-refractivity contribution in [1.29, 1.82) is 0 Å². The van der Waals surface area contributed by atoms with Crippen LogP contribution in [0.15, 0.2) is 42.5 Å². The second-order valence-corrected chi connectivity index (χ2v) is 7.56. The van der Waals surface area contributed by atoms with Crippen LogP contribution in [0.1, 0.15) is 39.9 Å². The normalized spacial score (nSPS) is 13.0. The Hall–Kier alpha value is -2.75. The highest BCUT2D eigenvalue weighted by atomic mass is 35.5. The van der Waals surface area contributed by atoms with Crippen molar-refractivity contribution in [3.63, 3.8) is 0 Å². The molecule has 0 aromatic heterocycles. The lowest BCUT2D eigenvalue weighted by atomic mass is 9.98. The molecule has 0 spiro atoms. The molecule has 0 aliphatic carbocycles. The molecule has 1 amide bonds. The lowest BCUT2D eigenvalue weighted by molar-refractivity contribution is -0.143. The summed E-state index contributed by atoms with van der Waals surface area (Å²) in [4.78, 5) is 24.8. The monoisotopic (exact) mass is 481 g/mol. The molecule has 0 bridgehead atoms. The highest BCUT2D eigenvalue weighted by Crippen LogP contribution is 2.36.